The minimum Gasteiger partial charge on any atom is -0.341 e. The molecule has 0 unspecified atom stereocenters. The minimum absolute atomic E-state index is 0.0833. The number of urea groups is 1. The normalized spacial score (nSPS) is 21.8. The number of benzene rings is 1. The zero-order chi connectivity index (χ0) is 20.5. The van der Waals surface area contributed by atoms with Crippen LogP contribution in [0.4, 0.5) is 13.6 Å². The minimum atomic E-state index is -1.07. The lowest BCUT2D eigenvalue weighted by Gasteiger charge is -2.35. The molecule has 152 valence electrons. The Labute approximate surface area is 162 Å². The van der Waals surface area contributed by atoms with Crippen LogP contribution in [0.3, 0.4) is 0 Å². The van der Waals surface area contributed by atoms with E-state index in [0.717, 1.165) is 12.8 Å². The standard InChI is InChI=1S/C20H25F2N3O3/c1-20(2)18(27)23-19(28)25(20)12-17(26)24-10-4-5-13(11-24)8-9-14-15(21)6-3-7-16(14)22/h3,6-7,13H,4-5,8-12H2,1-2H3,(H,23,27,28)/t13-/m0/s1. The first-order valence-electron chi connectivity index (χ1n) is 9.54. The average Bonchev–Trinajstić information content (AvgIpc) is 2.83. The van der Waals surface area contributed by atoms with Crippen molar-refractivity contribution in [2.75, 3.05) is 19.6 Å². The van der Waals surface area contributed by atoms with Gasteiger partial charge < -0.3 is 9.80 Å². The van der Waals surface area contributed by atoms with Crippen molar-refractivity contribution in [3.63, 3.8) is 0 Å². The molecular weight excluding hydrogens is 368 g/mol. The first kappa shape index (κ1) is 20.2. The van der Waals surface area contributed by atoms with Gasteiger partial charge in [-0.15, -0.1) is 0 Å². The zero-order valence-electron chi connectivity index (χ0n) is 16.1. The second-order valence-electron chi connectivity index (χ2n) is 7.99. The summed E-state index contributed by atoms with van der Waals surface area (Å²) >= 11 is 0. The number of rotatable bonds is 5. The molecule has 0 saturated carbocycles. The summed E-state index contributed by atoms with van der Waals surface area (Å²) in [6, 6.07) is 3.28. The van der Waals surface area contributed by atoms with Crippen LogP contribution in [0.1, 0.15) is 38.7 Å². The van der Waals surface area contributed by atoms with Gasteiger partial charge in [0.15, 0.2) is 0 Å². The van der Waals surface area contributed by atoms with Crippen LogP contribution in [0, 0.1) is 17.6 Å². The number of halogens is 2. The van der Waals surface area contributed by atoms with Crippen LogP contribution in [0.15, 0.2) is 18.2 Å². The summed E-state index contributed by atoms with van der Waals surface area (Å²) < 4.78 is 27.6. The maximum atomic E-state index is 13.8. The summed E-state index contributed by atoms with van der Waals surface area (Å²) in [5.41, 5.74) is -0.982. The van der Waals surface area contributed by atoms with E-state index in [0.29, 0.717) is 19.5 Å². The van der Waals surface area contributed by atoms with Gasteiger partial charge in [-0.2, -0.15) is 0 Å². The van der Waals surface area contributed by atoms with Gasteiger partial charge in [-0.1, -0.05) is 6.07 Å². The molecule has 1 aromatic carbocycles. The molecule has 28 heavy (non-hydrogen) atoms. The van der Waals surface area contributed by atoms with Crippen LogP contribution in [0.5, 0.6) is 0 Å². The molecule has 2 heterocycles. The number of nitrogens with one attached hydrogen (secondary N) is 1. The molecule has 0 aliphatic carbocycles. The lowest BCUT2D eigenvalue weighted by Crippen LogP contribution is -2.51. The SMILES string of the molecule is CC1(C)C(=O)NC(=O)N1CC(=O)N1CCC[C@@H](CCc2c(F)cccc2F)C1. The second-order valence-corrected chi connectivity index (χ2v) is 7.99. The van der Waals surface area contributed by atoms with E-state index < -0.39 is 29.1 Å². The van der Waals surface area contributed by atoms with E-state index in [-0.39, 0.29) is 30.4 Å². The molecule has 1 N–H and O–H groups in total. The number of imide groups is 1. The van der Waals surface area contributed by atoms with Crippen molar-refractivity contribution in [2.45, 2.75) is 45.1 Å². The van der Waals surface area contributed by atoms with Gasteiger partial charge in [-0.3, -0.25) is 14.9 Å². The van der Waals surface area contributed by atoms with Gasteiger partial charge in [0.25, 0.3) is 5.91 Å². The molecular formula is C20H25F2N3O3. The maximum absolute atomic E-state index is 13.8. The molecule has 2 saturated heterocycles. The molecule has 1 aromatic rings. The topological polar surface area (TPSA) is 69.7 Å². The van der Waals surface area contributed by atoms with E-state index in [2.05, 4.69) is 5.32 Å². The van der Waals surface area contributed by atoms with Crippen molar-refractivity contribution < 1.29 is 23.2 Å². The van der Waals surface area contributed by atoms with Gasteiger partial charge >= 0.3 is 6.03 Å². The van der Waals surface area contributed by atoms with Crippen molar-refractivity contribution in [1.82, 2.24) is 15.1 Å². The molecule has 2 aliphatic heterocycles. The van der Waals surface area contributed by atoms with Crippen LogP contribution < -0.4 is 5.32 Å². The third-order valence-electron chi connectivity index (χ3n) is 5.73. The van der Waals surface area contributed by atoms with Crippen LogP contribution in [0.25, 0.3) is 0 Å². The monoisotopic (exact) mass is 393 g/mol. The summed E-state index contributed by atoms with van der Waals surface area (Å²) in [6.45, 7) is 4.09. The molecule has 0 spiro atoms. The van der Waals surface area contributed by atoms with Gasteiger partial charge in [0.1, 0.15) is 23.7 Å². The average molecular weight is 393 g/mol. The van der Waals surface area contributed by atoms with Crippen molar-refractivity contribution in [3.05, 3.63) is 35.4 Å². The molecule has 4 amide bonds. The molecule has 1 atom stereocenters. The molecule has 0 aromatic heterocycles. The van der Waals surface area contributed by atoms with Gasteiger partial charge in [0.05, 0.1) is 0 Å². The number of amides is 4. The Balaban J connectivity index is 1.58. The Morgan fingerprint density at radius 2 is 1.93 bits per heavy atom. The van der Waals surface area contributed by atoms with Crippen molar-refractivity contribution >= 4 is 17.8 Å². The lowest BCUT2D eigenvalue weighted by atomic mass is 9.91. The maximum Gasteiger partial charge on any atom is 0.325 e. The zero-order valence-corrected chi connectivity index (χ0v) is 16.1. The fraction of sp³-hybridized carbons (Fsp3) is 0.550. The Hall–Kier alpha value is -2.51. The fourth-order valence-electron chi connectivity index (χ4n) is 3.85. The number of carbonyl (C=O) groups is 3. The van der Waals surface area contributed by atoms with Crippen LogP contribution >= 0.6 is 0 Å². The summed E-state index contributed by atoms with van der Waals surface area (Å²) in [5.74, 6) is -1.60. The van der Waals surface area contributed by atoms with Crippen molar-refractivity contribution in [2.24, 2.45) is 5.92 Å². The highest BCUT2D eigenvalue weighted by atomic mass is 19.1. The number of carbonyl (C=O) groups excluding carboxylic acids is 3. The van der Waals surface area contributed by atoms with Gasteiger partial charge in [0.2, 0.25) is 5.91 Å². The van der Waals surface area contributed by atoms with E-state index in [1.54, 1.807) is 18.7 Å². The predicted molar refractivity (Wildman–Crippen MR) is 98.3 cm³/mol. The molecule has 2 fully saturated rings. The lowest BCUT2D eigenvalue weighted by molar-refractivity contribution is -0.135. The third kappa shape index (κ3) is 4.00. The number of piperidine rings is 1. The van der Waals surface area contributed by atoms with Crippen LogP contribution in [-0.2, 0) is 16.0 Å². The molecule has 8 heteroatoms. The van der Waals surface area contributed by atoms with E-state index >= 15 is 0 Å². The molecule has 2 aliphatic rings. The number of likely N-dealkylation sites (tertiary alicyclic amines) is 1. The largest absolute Gasteiger partial charge is 0.341 e. The quantitative estimate of drug-likeness (QED) is 0.782. The Bertz CT molecular complexity index is 777. The molecule has 0 bridgehead atoms. The number of hydrogen-bond donors (Lipinski definition) is 1. The van der Waals surface area contributed by atoms with Gasteiger partial charge in [-0.05, 0) is 57.6 Å². The number of hydrogen-bond acceptors (Lipinski definition) is 3. The summed E-state index contributed by atoms with van der Waals surface area (Å²) in [6.07, 6.45) is 2.54. The smallest absolute Gasteiger partial charge is 0.325 e. The van der Waals surface area contributed by atoms with Gasteiger partial charge in [-0.25, -0.2) is 13.6 Å². The first-order valence-corrected chi connectivity index (χ1v) is 9.54. The highest BCUT2D eigenvalue weighted by Crippen LogP contribution is 2.25. The molecule has 6 nitrogen and oxygen atoms in total. The highest BCUT2D eigenvalue weighted by molar-refractivity contribution is 6.07. The van der Waals surface area contributed by atoms with E-state index in [9.17, 15) is 23.2 Å². The van der Waals surface area contributed by atoms with Gasteiger partial charge in [0, 0.05) is 18.7 Å². The van der Waals surface area contributed by atoms with Crippen molar-refractivity contribution in [1.29, 1.82) is 0 Å². The second kappa shape index (κ2) is 7.85. The fourth-order valence-corrected chi connectivity index (χ4v) is 3.85. The van der Waals surface area contributed by atoms with E-state index in [1.807, 2.05) is 0 Å². The summed E-state index contributed by atoms with van der Waals surface area (Å²) in [7, 11) is 0. The predicted octanol–water partition coefficient (Wildman–Crippen LogP) is 2.47. The Kier molecular flexibility index (Phi) is 5.67. The van der Waals surface area contributed by atoms with E-state index in [4.69, 9.17) is 0 Å². The summed E-state index contributed by atoms with van der Waals surface area (Å²) in [5, 5.41) is 2.23. The Morgan fingerprint density at radius 1 is 1.25 bits per heavy atom. The van der Waals surface area contributed by atoms with E-state index in [1.165, 1.54) is 23.1 Å². The Morgan fingerprint density at radius 3 is 2.54 bits per heavy atom. The summed E-state index contributed by atoms with van der Waals surface area (Å²) in [4.78, 5) is 39.4. The first-order chi connectivity index (χ1) is 13.2. The molecule has 3 rings (SSSR count). The van der Waals surface area contributed by atoms with Crippen LogP contribution in [0.2, 0.25) is 0 Å². The van der Waals surface area contributed by atoms with Crippen molar-refractivity contribution in [3.8, 4) is 0 Å². The number of nitrogens with zero attached hydrogens (tertiary/aromatic N) is 2. The highest BCUT2D eigenvalue weighted by Gasteiger charge is 2.46. The molecule has 0 radical (unpaired) electrons. The van der Waals surface area contributed by atoms with Crippen LogP contribution in [-0.4, -0.2) is 52.8 Å². The third-order valence-corrected chi connectivity index (χ3v) is 5.73.